The number of likely N-dealkylation sites (tertiary alicyclic amines) is 1. The molecule has 2 aliphatic heterocycles. The van der Waals surface area contributed by atoms with E-state index >= 15 is 0 Å². The Bertz CT molecular complexity index is 368. The standard InChI is InChI=1S/C18H36N4O2.HI/c1-15(2)22-9-5-17(6-10-22)21-18(19-3)20-8-4-11-23-13-16-7-12-24-14-16;/h15-17H,4-14H2,1-3H3,(H2,19,20,21);1H. The van der Waals surface area contributed by atoms with E-state index in [9.17, 15) is 0 Å². The maximum absolute atomic E-state index is 5.73. The lowest BCUT2D eigenvalue weighted by Crippen LogP contribution is -2.50. The summed E-state index contributed by atoms with van der Waals surface area (Å²) in [5.41, 5.74) is 0. The lowest BCUT2D eigenvalue weighted by atomic mass is 10.0. The van der Waals surface area contributed by atoms with Crippen LogP contribution in [0.4, 0.5) is 0 Å². The van der Waals surface area contributed by atoms with E-state index in [-0.39, 0.29) is 24.0 Å². The molecule has 6 nitrogen and oxygen atoms in total. The Morgan fingerprint density at radius 1 is 1.28 bits per heavy atom. The SMILES string of the molecule is CN=C(NCCCOCC1CCOC1)NC1CCN(C(C)C)CC1.I. The number of ether oxygens (including phenoxy) is 2. The molecular formula is C18H37IN4O2. The molecule has 0 amide bonds. The number of aliphatic imine (C=N–C) groups is 1. The fourth-order valence-electron chi connectivity index (χ4n) is 3.29. The molecule has 148 valence electrons. The Balaban J connectivity index is 0.00000312. The highest BCUT2D eigenvalue weighted by atomic mass is 127. The zero-order valence-electron chi connectivity index (χ0n) is 16.1. The molecule has 0 aromatic rings. The topological polar surface area (TPSA) is 58.1 Å². The molecule has 2 saturated heterocycles. The first-order chi connectivity index (χ1) is 11.7. The molecule has 2 fully saturated rings. The maximum Gasteiger partial charge on any atom is 0.191 e. The second-order valence-corrected chi connectivity index (χ2v) is 7.21. The number of hydrogen-bond acceptors (Lipinski definition) is 4. The van der Waals surface area contributed by atoms with E-state index in [0.29, 0.717) is 18.0 Å². The van der Waals surface area contributed by atoms with Crippen LogP contribution in [0.2, 0.25) is 0 Å². The Hall–Kier alpha value is -0.120. The Labute approximate surface area is 170 Å². The minimum Gasteiger partial charge on any atom is -0.381 e. The van der Waals surface area contributed by atoms with Crippen LogP contribution in [0.15, 0.2) is 4.99 Å². The number of piperidine rings is 1. The van der Waals surface area contributed by atoms with Crippen molar-refractivity contribution in [2.45, 2.75) is 51.6 Å². The summed E-state index contributed by atoms with van der Waals surface area (Å²) in [5, 5.41) is 6.96. The molecule has 0 aliphatic carbocycles. The van der Waals surface area contributed by atoms with Gasteiger partial charge in [-0.05, 0) is 39.5 Å². The number of hydrogen-bond donors (Lipinski definition) is 2. The average Bonchev–Trinajstić information content (AvgIpc) is 3.10. The normalized spacial score (nSPS) is 22.9. The zero-order valence-corrected chi connectivity index (χ0v) is 18.5. The van der Waals surface area contributed by atoms with E-state index in [0.717, 1.165) is 51.8 Å². The number of rotatable bonds is 8. The average molecular weight is 468 g/mol. The van der Waals surface area contributed by atoms with Gasteiger partial charge in [0.15, 0.2) is 5.96 Å². The summed E-state index contributed by atoms with van der Waals surface area (Å²) < 4.78 is 11.1. The van der Waals surface area contributed by atoms with Gasteiger partial charge in [0.05, 0.1) is 13.2 Å². The van der Waals surface area contributed by atoms with Crippen molar-refractivity contribution >= 4 is 29.9 Å². The van der Waals surface area contributed by atoms with Gasteiger partial charge in [-0.25, -0.2) is 0 Å². The van der Waals surface area contributed by atoms with E-state index in [1.54, 1.807) is 0 Å². The van der Waals surface area contributed by atoms with Crippen molar-refractivity contribution in [1.82, 2.24) is 15.5 Å². The van der Waals surface area contributed by atoms with Gasteiger partial charge in [-0.2, -0.15) is 0 Å². The number of guanidine groups is 1. The quantitative estimate of drug-likeness (QED) is 0.247. The van der Waals surface area contributed by atoms with Gasteiger partial charge in [0.25, 0.3) is 0 Å². The number of halogens is 1. The fourth-order valence-corrected chi connectivity index (χ4v) is 3.29. The minimum absolute atomic E-state index is 0. The van der Waals surface area contributed by atoms with Crippen LogP contribution in [-0.4, -0.2) is 76.1 Å². The first kappa shape index (κ1) is 22.9. The van der Waals surface area contributed by atoms with Crippen molar-refractivity contribution in [3.63, 3.8) is 0 Å². The second-order valence-electron chi connectivity index (χ2n) is 7.21. The molecule has 0 aromatic carbocycles. The zero-order chi connectivity index (χ0) is 17.2. The predicted molar refractivity (Wildman–Crippen MR) is 114 cm³/mol. The third-order valence-electron chi connectivity index (χ3n) is 4.96. The van der Waals surface area contributed by atoms with Gasteiger partial charge in [0.1, 0.15) is 0 Å². The highest BCUT2D eigenvalue weighted by Gasteiger charge is 2.21. The Morgan fingerprint density at radius 3 is 2.64 bits per heavy atom. The van der Waals surface area contributed by atoms with Gasteiger partial charge >= 0.3 is 0 Å². The van der Waals surface area contributed by atoms with Crippen LogP contribution in [0.1, 0.15) is 39.5 Å². The van der Waals surface area contributed by atoms with E-state index in [2.05, 4.69) is 34.4 Å². The molecule has 0 aromatic heterocycles. The van der Waals surface area contributed by atoms with Crippen molar-refractivity contribution in [3.8, 4) is 0 Å². The van der Waals surface area contributed by atoms with Crippen LogP contribution in [0.25, 0.3) is 0 Å². The minimum atomic E-state index is 0. The van der Waals surface area contributed by atoms with Gasteiger partial charge in [0, 0.05) is 57.9 Å². The third-order valence-corrected chi connectivity index (χ3v) is 4.96. The van der Waals surface area contributed by atoms with Crippen molar-refractivity contribution in [2.75, 3.05) is 53.1 Å². The van der Waals surface area contributed by atoms with Gasteiger partial charge in [-0.3, -0.25) is 4.99 Å². The Morgan fingerprint density at radius 2 is 2.04 bits per heavy atom. The van der Waals surface area contributed by atoms with E-state index in [1.807, 2.05) is 7.05 Å². The van der Waals surface area contributed by atoms with Crippen molar-refractivity contribution < 1.29 is 9.47 Å². The fraction of sp³-hybridized carbons (Fsp3) is 0.944. The lowest BCUT2D eigenvalue weighted by molar-refractivity contribution is 0.0888. The molecule has 0 bridgehead atoms. The molecule has 2 N–H and O–H groups in total. The molecule has 1 atom stereocenters. The number of nitrogens with one attached hydrogen (secondary N) is 2. The predicted octanol–water partition coefficient (Wildman–Crippen LogP) is 2.09. The second kappa shape index (κ2) is 13.1. The van der Waals surface area contributed by atoms with Gasteiger partial charge in [-0.1, -0.05) is 0 Å². The van der Waals surface area contributed by atoms with Gasteiger partial charge in [0.2, 0.25) is 0 Å². The van der Waals surface area contributed by atoms with Crippen molar-refractivity contribution in [1.29, 1.82) is 0 Å². The first-order valence-electron chi connectivity index (χ1n) is 9.55. The van der Waals surface area contributed by atoms with Gasteiger partial charge < -0.3 is 25.0 Å². The third kappa shape index (κ3) is 8.88. The molecule has 25 heavy (non-hydrogen) atoms. The highest BCUT2D eigenvalue weighted by Crippen LogP contribution is 2.13. The van der Waals surface area contributed by atoms with E-state index < -0.39 is 0 Å². The van der Waals surface area contributed by atoms with Crippen LogP contribution in [0.3, 0.4) is 0 Å². The lowest BCUT2D eigenvalue weighted by Gasteiger charge is -2.35. The molecule has 7 heteroatoms. The summed E-state index contributed by atoms with van der Waals surface area (Å²) in [6.45, 7) is 11.2. The van der Waals surface area contributed by atoms with E-state index in [4.69, 9.17) is 9.47 Å². The molecule has 0 spiro atoms. The highest BCUT2D eigenvalue weighted by molar-refractivity contribution is 14.0. The largest absolute Gasteiger partial charge is 0.381 e. The maximum atomic E-state index is 5.73. The van der Waals surface area contributed by atoms with Crippen LogP contribution >= 0.6 is 24.0 Å². The summed E-state index contributed by atoms with van der Waals surface area (Å²) in [4.78, 5) is 6.88. The molecular weight excluding hydrogens is 431 g/mol. The van der Waals surface area contributed by atoms with Crippen LogP contribution in [0, 0.1) is 5.92 Å². The Kier molecular flexibility index (Phi) is 12.0. The van der Waals surface area contributed by atoms with Crippen LogP contribution in [-0.2, 0) is 9.47 Å². The smallest absolute Gasteiger partial charge is 0.191 e. The summed E-state index contributed by atoms with van der Waals surface area (Å²) in [7, 11) is 1.84. The van der Waals surface area contributed by atoms with Gasteiger partial charge in [-0.15, -0.1) is 24.0 Å². The van der Waals surface area contributed by atoms with E-state index in [1.165, 1.54) is 25.9 Å². The molecule has 2 aliphatic rings. The summed E-state index contributed by atoms with van der Waals surface area (Å²) >= 11 is 0. The first-order valence-corrected chi connectivity index (χ1v) is 9.55. The summed E-state index contributed by atoms with van der Waals surface area (Å²) in [6.07, 6.45) is 4.52. The van der Waals surface area contributed by atoms with Crippen LogP contribution in [0.5, 0.6) is 0 Å². The molecule has 0 saturated carbocycles. The van der Waals surface area contributed by atoms with Crippen molar-refractivity contribution in [2.24, 2.45) is 10.9 Å². The van der Waals surface area contributed by atoms with Crippen LogP contribution < -0.4 is 10.6 Å². The molecule has 0 radical (unpaired) electrons. The number of nitrogens with zero attached hydrogens (tertiary/aromatic N) is 2. The van der Waals surface area contributed by atoms with Crippen molar-refractivity contribution in [3.05, 3.63) is 0 Å². The molecule has 1 unspecified atom stereocenters. The summed E-state index contributed by atoms with van der Waals surface area (Å²) in [5.74, 6) is 1.52. The molecule has 2 rings (SSSR count). The summed E-state index contributed by atoms with van der Waals surface area (Å²) in [6, 6.07) is 1.18. The monoisotopic (exact) mass is 468 g/mol. The molecule has 2 heterocycles.